The fraction of sp³-hybridized carbons (Fsp3) is 0.433. The van der Waals surface area contributed by atoms with Crippen LogP contribution in [0.3, 0.4) is 0 Å². The molecular formula is C30H34F3N3O3. The van der Waals surface area contributed by atoms with Gasteiger partial charge in [-0.1, -0.05) is 18.2 Å². The number of carbonyl (C=O) groups excluding carboxylic acids is 2. The van der Waals surface area contributed by atoms with E-state index in [0.717, 1.165) is 30.2 Å². The van der Waals surface area contributed by atoms with E-state index in [1.54, 1.807) is 12.3 Å². The van der Waals surface area contributed by atoms with Crippen LogP contribution < -0.4 is 10.6 Å². The first-order chi connectivity index (χ1) is 18.7. The van der Waals surface area contributed by atoms with Crippen LogP contribution in [-0.2, 0) is 28.7 Å². The Morgan fingerprint density at radius 1 is 1.18 bits per heavy atom. The number of allylic oxidation sites excluding steroid dienone is 1. The molecule has 1 aromatic heterocycles. The van der Waals surface area contributed by atoms with Gasteiger partial charge in [-0.3, -0.25) is 14.6 Å². The minimum Gasteiger partial charge on any atom is -0.469 e. The average Bonchev–Trinajstić information content (AvgIpc) is 2.93. The van der Waals surface area contributed by atoms with Crippen molar-refractivity contribution in [3.05, 3.63) is 75.7 Å². The van der Waals surface area contributed by atoms with Crippen molar-refractivity contribution in [1.82, 2.24) is 15.6 Å². The molecule has 1 heterocycles. The lowest BCUT2D eigenvalue weighted by atomic mass is 9.82. The van der Waals surface area contributed by atoms with Crippen molar-refractivity contribution >= 4 is 24.0 Å². The van der Waals surface area contributed by atoms with Crippen LogP contribution in [0, 0.1) is 18.8 Å². The molecule has 0 spiro atoms. The van der Waals surface area contributed by atoms with Gasteiger partial charge in [-0.2, -0.15) is 13.2 Å². The number of alkyl halides is 3. The molecule has 0 radical (unpaired) electrons. The molecule has 4 rings (SSSR count). The number of esters is 1. The van der Waals surface area contributed by atoms with E-state index in [-0.39, 0.29) is 35.5 Å². The van der Waals surface area contributed by atoms with Gasteiger partial charge in [0.15, 0.2) is 0 Å². The molecule has 2 aromatic rings. The molecule has 1 saturated carbocycles. The molecular weight excluding hydrogens is 507 g/mol. The predicted molar refractivity (Wildman–Crippen MR) is 143 cm³/mol. The Morgan fingerprint density at radius 2 is 1.95 bits per heavy atom. The highest BCUT2D eigenvalue weighted by Crippen LogP contribution is 2.35. The van der Waals surface area contributed by atoms with Crippen molar-refractivity contribution in [3.8, 4) is 0 Å². The molecule has 0 atom stereocenters. The minimum atomic E-state index is -4.66. The second kappa shape index (κ2) is 12.5. The Balaban J connectivity index is 1.41. The highest BCUT2D eigenvalue weighted by Gasteiger charge is 2.36. The smallest absolute Gasteiger partial charge is 0.417 e. The van der Waals surface area contributed by atoms with Crippen molar-refractivity contribution in [2.75, 3.05) is 13.7 Å². The zero-order valence-corrected chi connectivity index (χ0v) is 22.2. The van der Waals surface area contributed by atoms with Gasteiger partial charge in [-0.05, 0) is 98.0 Å². The number of rotatable bonds is 8. The molecule has 0 bridgehead atoms. The molecule has 1 fully saturated rings. The summed E-state index contributed by atoms with van der Waals surface area (Å²) in [4.78, 5) is 29.2. The first kappa shape index (κ1) is 28.4. The predicted octanol–water partition coefficient (Wildman–Crippen LogP) is 5.84. The second-order valence-electron chi connectivity index (χ2n) is 10.2. The second-order valence-corrected chi connectivity index (χ2v) is 10.2. The van der Waals surface area contributed by atoms with Crippen molar-refractivity contribution < 1.29 is 27.5 Å². The quantitative estimate of drug-likeness (QED) is 0.411. The van der Waals surface area contributed by atoms with Gasteiger partial charge in [-0.15, -0.1) is 0 Å². The Bertz CT molecular complexity index is 1260. The summed E-state index contributed by atoms with van der Waals surface area (Å²) in [7, 11) is 1.36. The number of fused-ring (bicyclic) bond motifs is 1. The molecule has 0 unspecified atom stereocenters. The number of nitrogens with one attached hydrogen (secondary N) is 2. The third-order valence-corrected chi connectivity index (χ3v) is 7.59. The summed E-state index contributed by atoms with van der Waals surface area (Å²) in [5.41, 5.74) is 2.68. The van der Waals surface area contributed by atoms with Gasteiger partial charge in [0.25, 0.3) is 5.91 Å². The van der Waals surface area contributed by atoms with Gasteiger partial charge >= 0.3 is 12.1 Å². The van der Waals surface area contributed by atoms with Gasteiger partial charge < -0.3 is 15.4 Å². The standard InChI is InChI=1S/C30H34F3N3O3/c1-19-21(13-14-34-18-25-15-23-5-3-4-6-24(23)17-35-25)11-12-26(30(31,32)33)27(19)28(37)36-16-20-7-9-22(10-8-20)29(38)39-2/h3,5,11-15,17,20,22,34H,4,6-10,16,18H2,1-2H3,(H,36,37)/b14-13-. The molecule has 208 valence electrons. The van der Waals surface area contributed by atoms with E-state index < -0.39 is 17.6 Å². The Kier molecular flexibility index (Phi) is 9.09. The monoisotopic (exact) mass is 541 g/mol. The Labute approximate surface area is 226 Å². The number of amides is 1. The fourth-order valence-corrected chi connectivity index (χ4v) is 5.30. The molecule has 6 nitrogen and oxygen atoms in total. The van der Waals surface area contributed by atoms with Gasteiger partial charge in [0.1, 0.15) is 0 Å². The molecule has 2 aliphatic carbocycles. The van der Waals surface area contributed by atoms with Crippen LogP contribution in [0.5, 0.6) is 0 Å². The van der Waals surface area contributed by atoms with Crippen molar-refractivity contribution in [1.29, 1.82) is 0 Å². The summed E-state index contributed by atoms with van der Waals surface area (Å²) in [5, 5.41) is 5.85. The molecule has 1 aromatic carbocycles. The number of methoxy groups -OCH3 is 1. The first-order valence-electron chi connectivity index (χ1n) is 13.3. The van der Waals surface area contributed by atoms with E-state index in [1.165, 1.54) is 25.7 Å². The maximum Gasteiger partial charge on any atom is 0.417 e. The van der Waals surface area contributed by atoms with Crippen LogP contribution in [0.15, 0.2) is 36.7 Å². The molecule has 0 saturated heterocycles. The van der Waals surface area contributed by atoms with E-state index >= 15 is 0 Å². The van der Waals surface area contributed by atoms with Crippen molar-refractivity contribution in [3.63, 3.8) is 0 Å². The third kappa shape index (κ3) is 7.07. The van der Waals surface area contributed by atoms with E-state index in [1.807, 2.05) is 12.3 Å². The van der Waals surface area contributed by atoms with Crippen LogP contribution in [0.1, 0.15) is 76.0 Å². The number of hydrogen-bond donors (Lipinski definition) is 2. The third-order valence-electron chi connectivity index (χ3n) is 7.59. The van der Waals surface area contributed by atoms with Crippen LogP contribution in [0.2, 0.25) is 0 Å². The summed E-state index contributed by atoms with van der Waals surface area (Å²) in [5.74, 6) is -1.04. The highest BCUT2D eigenvalue weighted by molar-refractivity contribution is 5.98. The molecule has 2 aliphatic rings. The maximum atomic E-state index is 13.8. The fourth-order valence-electron chi connectivity index (χ4n) is 5.30. The van der Waals surface area contributed by atoms with Crippen LogP contribution in [-0.4, -0.2) is 30.5 Å². The molecule has 1 amide bonds. The molecule has 0 aliphatic heterocycles. The average molecular weight is 542 g/mol. The number of hydrogen-bond acceptors (Lipinski definition) is 5. The number of halogens is 3. The summed E-state index contributed by atoms with van der Waals surface area (Å²) in [6, 6.07) is 4.36. The normalized spacial score (nSPS) is 19.0. The van der Waals surface area contributed by atoms with Gasteiger partial charge in [-0.25, -0.2) is 0 Å². The van der Waals surface area contributed by atoms with E-state index in [2.05, 4.69) is 27.8 Å². The SMILES string of the molecule is COC(=O)C1CCC(CNC(=O)c2c(C(F)(F)F)ccc(/C=C\NCc3cc4c(cn3)CCC=C4)c2C)CC1. The topological polar surface area (TPSA) is 80.3 Å². The highest BCUT2D eigenvalue weighted by atomic mass is 19.4. The van der Waals surface area contributed by atoms with Crippen LogP contribution in [0.4, 0.5) is 13.2 Å². The number of carbonyl (C=O) groups is 2. The zero-order chi connectivity index (χ0) is 28.0. The minimum absolute atomic E-state index is 0.101. The Hall–Kier alpha value is -3.62. The summed E-state index contributed by atoms with van der Waals surface area (Å²) in [6.45, 7) is 2.25. The van der Waals surface area contributed by atoms with Gasteiger partial charge in [0.2, 0.25) is 0 Å². The largest absolute Gasteiger partial charge is 0.469 e. The lowest BCUT2D eigenvalue weighted by Crippen LogP contribution is -2.34. The molecule has 39 heavy (non-hydrogen) atoms. The van der Waals surface area contributed by atoms with Crippen molar-refractivity contribution in [2.45, 2.75) is 58.2 Å². The van der Waals surface area contributed by atoms with Crippen molar-refractivity contribution in [2.24, 2.45) is 11.8 Å². The maximum absolute atomic E-state index is 13.8. The zero-order valence-electron chi connectivity index (χ0n) is 22.2. The number of benzene rings is 1. The Morgan fingerprint density at radius 3 is 2.67 bits per heavy atom. The number of aromatic nitrogens is 1. The van der Waals surface area contributed by atoms with Crippen LogP contribution in [0.25, 0.3) is 12.2 Å². The molecule has 2 N–H and O–H groups in total. The lowest BCUT2D eigenvalue weighted by Gasteiger charge is -2.27. The van der Waals surface area contributed by atoms with E-state index in [0.29, 0.717) is 37.8 Å². The lowest BCUT2D eigenvalue weighted by molar-refractivity contribution is -0.146. The molecule has 9 heteroatoms. The van der Waals surface area contributed by atoms with Crippen LogP contribution >= 0.6 is 0 Å². The van der Waals surface area contributed by atoms with E-state index in [9.17, 15) is 22.8 Å². The van der Waals surface area contributed by atoms with E-state index in [4.69, 9.17) is 4.74 Å². The van der Waals surface area contributed by atoms with Gasteiger partial charge in [0.05, 0.1) is 36.4 Å². The summed E-state index contributed by atoms with van der Waals surface area (Å²) >= 11 is 0. The van der Waals surface area contributed by atoms with Gasteiger partial charge in [0, 0.05) is 12.7 Å². The number of ether oxygens (including phenoxy) is 1. The number of nitrogens with zero attached hydrogens (tertiary/aromatic N) is 1. The number of aryl methyl sites for hydroxylation is 1. The summed E-state index contributed by atoms with van der Waals surface area (Å²) < 4.78 is 46.2. The number of pyridine rings is 1. The first-order valence-corrected chi connectivity index (χ1v) is 13.3. The summed E-state index contributed by atoms with van der Waals surface area (Å²) in [6.07, 6.45) is 9.46.